The average Bonchev–Trinajstić information content (AvgIpc) is 2.94. The number of rotatable bonds is 8. The zero-order valence-corrected chi connectivity index (χ0v) is 17.0. The molecule has 0 radical (unpaired) electrons. The molecule has 0 saturated carbocycles. The van der Waals surface area contributed by atoms with Crippen LogP contribution in [0.4, 0.5) is 0 Å². The van der Waals surface area contributed by atoms with Crippen molar-refractivity contribution in [2.75, 3.05) is 32.7 Å². The van der Waals surface area contributed by atoms with Crippen LogP contribution in [0.15, 0.2) is 4.99 Å². The van der Waals surface area contributed by atoms with E-state index in [1.54, 1.807) is 11.3 Å². The van der Waals surface area contributed by atoms with Crippen LogP contribution in [0.3, 0.4) is 0 Å². The number of amides is 1. The summed E-state index contributed by atoms with van der Waals surface area (Å²) in [5.41, 5.74) is 6.52. The number of piperidine rings is 1. The summed E-state index contributed by atoms with van der Waals surface area (Å²) in [6.07, 6.45) is 2.99. The number of likely N-dealkylation sites (tertiary alicyclic amines) is 1. The second-order valence-electron chi connectivity index (χ2n) is 6.76. The number of hydrogen-bond acceptors (Lipinski definition) is 5. The first-order chi connectivity index (χ1) is 12.5. The van der Waals surface area contributed by atoms with Gasteiger partial charge in [0.1, 0.15) is 0 Å². The fraction of sp³-hybridized carbons (Fsp3) is 0.722. The SMILES string of the molecule is CCNC(=NCc1sc(C)nc1C)NCCCN1CCCC(C(N)=O)C1. The molecule has 2 rings (SSSR count). The number of carbonyl (C=O) groups excluding carboxylic acids is 1. The Morgan fingerprint density at radius 1 is 1.42 bits per heavy atom. The molecule has 0 spiro atoms. The van der Waals surface area contributed by atoms with Gasteiger partial charge in [0.05, 0.1) is 23.2 Å². The van der Waals surface area contributed by atoms with Gasteiger partial charge in [0.15, 0.2) is 5.96 Å². The molecule has 26 heavy (non-hydrogen) atoms. The number of nitrogens with one attached hydrogen (secondary N) is 2. The Morgan fingerprint density at radius 3 is 2.88 bits per heavy atom. The molecule has 8 heteroatoms. The zero-order chi connectivity index (χ0) is 18.9. The quantitative estimate of drug-likeness (QED) is 0.360. The maximum atomic E-state index is 11.4. The zero-order valence-electron chi connectivity index (χ0n) is 16.2. The molecule has 0 aromatic carbocycles. The summed E-state index contributed by atoms with van der Waals surface area (Å²) in [5, 5.41) is 7.77. The summed E-state index contributed by atoms with van der Waals surface area (Å²) in [7, 11) is 0. The van der Waals surface area contributed by atoms with Gasteiger partial charge in [-0.25, -0.2) is 9.98 Å². The summed E-state index contributed by atoms with van der Waals surface area (Å²) in [6.45, 7) is 11.3. The number of aliphatic imine (C=N–C) groups is 1. The lowest BCUT2D eigenvalue weighted by Crippen LogP contribution is -2.43. The Bertz CT molecular complexity index is 615. The number of carbonyl (C=O) groups is 1. The van der Waals surface area contributed by atoms with Crippen LogP contribution in [-0.4, -0.2) is 54.5 Å². The van der Waals surface area contributed by atoms with Gasteiger partial charge in [-0.15, -0.1) is 11.3 Å². The third kappa shape index (κ3) is 6.57. The molecule has 1 aromatic heterocycles. The van der Waals surface area contributed by atoms with E-state index >= 15 is 0 Å². The van der Waals surface area contributed by atoms with Crippen molar-refractivity contribution in [2.45, 2.75) is 46.6 Å². The summed E-state index contributed by atoms with van der Waals surface area (Å²) in [6, 6.07) is 0. The molecule has 0 bridgehead atoms. The third-order valence-corrected chi connectivity index (χ3v) is 5.63. The molecule has 0 aliphatic carbocycles. The molecule has 146 valence electrons. The van der Waals surface area contributed by atoms with Gasteiger partial charge in [-0.2, -0.15) is 0 Å². The summed E-state index contributed by atoms with van der Waals surface area (Å²) in [5.74, 6) is 0.691. The maximum Gasteiger partial charge on any atom is 0.221 e. The third-order valence-electron chi connectivity index (χ3n) is 4.58. The predicted molar refractivity (Wildman–Crippen MR) is 107 cm³/mol. The Hall–Kier alpha value is -1.67. The monoisotopic (exact) mass is 380 g/mol. The van der Waals surface area contributed by atoms with E-state index in [1.165, 1.54) is 4.88 Å². The smallest absolute Gasteiger partial charge is 0.221 e. The van der Waals surface area contributed by atoms with E-state index in [0.717, 1.165) is 68.6 Å². The molecule has 1 unspecified atom stereocenters. The van der Waals surface area contributed by atoms with Crippen LogP contribution in [0.1, 0.15) is 41.8 Å². The van der Waals surface area contributed by atoms with Crippen molar-refractivity contribution in [3.05, 3.63) is 15.6 Å². The van der Waals surface area contributed by atoms with Gasteiger partial charge in [0.25, 0.3) is 0 Å². The van der Waals surface area contributed by atoms with Gasteiger partial charge in [-0.3, -0.25) is 4.79 Å². The van der Waals surface area contributed by atoms with E-state index < -0.39 is 0 Å². The molecule has 1 amide bonds. The van der Waals surface area contributed by atoms with Crippen molar-refractivity contribution in [3.8, 4) is 0 Å². The largest absolute Gasteiger partial charge is 0.369 e. The summed E-state index contributed by atoms with van der Waals surface area (Å²) in [4.78, 5) is 24.0. The van der Waals surface area contributed by atoms with Crippen LogP contribution in [-0.2, 0) is 11.3 Å². The van der Waals surface area contributed by atoms with Crippen LogP contribution in [0, 0.1) is 19.8 Å². The molecule has 2 heterocycles. The van der Waals surface area contributed by atoms with E-state index in [4.69, 9.17) is 5.73 Å². The minimum Gasteiger partial charge on any atom is -0.369 e. The highest BCUT2D eigenvalue weighted by molar-refractivity contribution is 7.11. The first-order valence-electron chi connectivity index (χ1n) is 9.46. The Balaban J connectivity index is 1.75. The second-order valence-corrected chi connectivity index (χ2v) is 8.05. The highest BCUT2D eigenvalue weighted by Gasteiger charge is 2.23. The highest BCUT2D eigenvalue weighted by Crippen LogP contribution is 2.18. The Morgan fingerprint density at radius 2 is 2.23 bits per heavy atom. The fourth-order valence-electron chi connectivity index (χ4n) is 3.21. The predicted octanol–water partition coefficient (Wildman–Crippen LogP) is 1.40. The normalized spacial score (nSPS) is 18.7. The molecule has 4 N–H and O–H groups in total. The number of aromatic nitrogens is 1. The Labute approximate surface area is 160 Å². The molecule has 1 aliphatic rings. The van der Waals surface area contributed by atoms with Gasteiger partial charge in [0.2, 0.25) is 5.91 Å². The first-order valence-corrected chi connectivity index (χ1v) is 10.3. The van der Waals surface area contributed by atoms with Crippen molar-refractivity contribution < 1.29 is 4.79 Å². The number of aryl methyl sites for hydroxylation is 2. The Kier molecular flexibility index (Phi) is 8.31. The minimum absolute atomic E-state index is 0.0155. The topological polar surface area (TPSA) is 95.6 Å². The van der Waals surface area contributed by atoms with Gasteiger partial charge in [-0.05, 0) is 53.1 Å². The highest BCUT2D eigenvalue weighted by atomic mass is 32.1. The van der Waals surface area contributed by atoms with Crippen LogP contribution in [0.5, 0.6) is 0 Å². The van der Waals surface area contributed by atoms with Crippen molar-refractivity contribution >= 4 is 23.2 Å². The van der Waals surface area contributed by atoms with Crippen LogP contribution < -0.4 is 16.4 Å². The van der Waals surface area contributed by atoms with Gasteiger partial charge >= 0.3 is 0 Å². The molecule has 7 nitrogen and oxygen atoms in total. The first kappa shape index (κ1) is 20.6. The van der Waals surface area contributed by atoms with Crippen LogP contribution >= 0.6 is 11.3 Å². The molecule has 1 aromatic rings. The number of nitrogens with two attached hydrogens (primary N) is 1. The van der Waals surface area contributed by atoms with E-state index in [1.807, 2.05) is 13.8 Å². The molecule has 1 fully saturated rings. The lowest BCUT2D eigenvalue weighted by atomic mass is 9.97. The van der Waals surface area contributed by atoms with E-state index in [9.17, 15) is 4.79 Å². The molecule has 1 atom stereocenters. The van der Waals surface area contributed by atoms with Crippen molar-refractivity contribution in [2.24, 2.45) is 16.6 Å². The van der Waals surface area contributed by atoms with Gasteiger partial charge in [0, 0.05) is 24.5 Å². The molecule has 1 aliphatic heterocycles. The number of guanidine groups is 1. The molecular formula is C18H32N6OS. The van der Waals surface area contributed by atoms with Crippen molar-refractivity contribution in [1.29, 1.82) is 0 Å². The lowest BCUT2D eigenvalue weighted by Gasteiger charge is -2.31. The van der Waals surface area contributed by atoms with Crippen LogP contribution in [0.2, 0.25) is 0 Å². The average molecular weight is 381 g/mol. The number of hydrogen-bond donors (Lipinski definition) is 3. The summed E-state index contributed by atoms with van der Waals surface area (Å²) < 4.78 is 0. The number of primary amides is 1. The minimum atomic E-state index is -0.164. The van der Waals surface area contributed by atoms with Crippen molar-refractivity contribution in [1.82, 2.24) is 20.5 Å². The van der Waals surface area contributed by atoms with Crippen LogP contribution in [0.25, 0.3) is 0 Å². The summed E-state index contributed by atoms with van der Waals surface area (Å²) >= 11 is 1.71. The fourth-order valence-corrected chi connectivity index (χ4v) is 4.07. The number of thiazole rings is 1. The number of nitrogens with zero attached hydrogens (tertiary/aromatic N) is 3. The molecule has 1 saturated heterocycles. The van der Waals surface area contributed by atoms with Crippen molar-refractivity contribution in [3.63, 3.8) is 0 Å². The van der Waals surface area contributed by atoms with Gasteiger partial charge < -0.3 is 21.3 Å². The maximum absolute atomic E-state index is 11.4. The van der Waals surface area contributed by atoms with E-state index in [2.05, 4.69) is 32.4 Å². The molecular weight excluding hydrogens is 348 g/mol. The second kappa shape index (κ2) is 10.5. The standard InChI is InChI=1S/C18H32N6OS/c1-4-20-18(22-11-16-13(2)23-14(3)26-16)21-8-6-10-24-9-5-7-15(12-24)17(19)25/h15H,4-12H2,1-3H3,(H2,19,25)(H2,20,21,22). The van der Waals surface area contributed by atoms with Gasteiger partial charge in [-0.1, -0.05) is 0 Å². The lowest BCUT2D eigenvalue weighted by molar-refractivity contribution is -0.123. The van der Waals surface area contributed by atoms with E-state index in [-0.39, 0.29) is 11.8 Å². The van der Waals surface area contributed by atoms with E-state index in [0.29, 0.717) is 6.54 Å².